The third-order valence-electron chi connectivity index (χ3n) is 2.03. The molecule has 1 aromatic heterocycles. The minimum atomic E-state index is -0.456. The molecule has 0 amide bonds. The molecule has 0 unspecified atom stereocenters. The normalized spacial score (nSPS) is 11.0. The highest BCUT2D eigenvalue weighted by molar-refractivity contribution is 6.31. The molecular formula is C12H11ClO3. The van der Waals surface area contributed by atoms with Crippen molar-refractivity contribution in [1.82, 2.24) is 0 Å². The van der Waals surface area contributed by atoms with Crippen molar-refractivity contribution in [1.29, 1.82) is 0 Å². The second-order valence-corrected chi connectivity index (χ2v) is 4.18. The fourth-order valence-corrected chi connectivity index (χ4v) is 1.54. The molecule has 0 fully saturated rings. The van der Waals surface area contributed by atoms with Crippen molar-refractivity contribution < 1.29 is 13.9 Å². The topological polar surface area (TPSA) is 39.4 Å². The van der Waals surface area contributed by atoms with E-state index in [9.17, 15) is 4.79 Å². The SMILES string of the molecule is CC(C)OC(=O)c1cc2ccc(Cl)cc2o1. The van der Waals surface area contributed by atoms with E-state index >= 15 is 0 Å². The van der Waals surface area contributed by atoms with Gasteiger partial charge in [-0.05, 0) is 32.0 Å². The number of rotatable bonds is 2. The standard InChI is InChI=1S/C12H11ClO3/c1-7(2)15-12(14)11-5-8-3-4-9(13)6-10(8)16-11/h3-7H,1-2H3. The number of ether oxygens (including phenoxy) is 1. The third-order valence-corrected chi connectivity index (χ3v) is 2.26. The number of esters is 1. The Labute approximate surface area is 97.9 Å². The predicted octanol–water partition coefficient (Wildman–Crippen LogP) is 3.65. The largest absolute Gasteiger partial charge is 0.457 e. The first-order valence-electron chi connectivity index (χ1n) is 4.96. The number of benzene rings is 1. The summed E-state index contributed by atoms with van der Waals surface area (Å²) in [6, 6.07) is 6.86. The van der Waals surface area contributed by atoms with Gasteiger partial charge in [-0.15, -0.1) is 0 Å². The maximum absolute atomic E-state index is 11.6. The molecule has 0 saturated carbocycles. The lowest BCUT2D eigenvalue weighted by Crippen LogP contribution is -2.10. The average molecular weight is 239 g/mol. The lowest BCUT2D eigenvalue weighted by atomic mass is 10.2. The smallest absolute Gasteiger partial charge is 0.374 e. The maximum Gasteiger partial charge on any atom is 0.374 e. The van der Waals surface area contributed by atoms with Crippen LogP contribution in [0.2, 0.25) is 5.02 Å². The van der Waals surface area contributed by atoms with Crippen molar-refractivity contribution in [2.45, 2.75) is 20.0 Å². The Bertz CT molecular complexity index is 528. The molecular weight excluding hydrogens is 228 g/mol. The van der Waals surface area contributed by atoms with Gasteiger partial charge in [0, 0.05) is 16.5 Å². The molecule has 0 aliphatic rings. The average Bonchev–Trinajstić information content (AvgIpc) is 2.59. The summed E-state index contributed by atoms with van der Waals surface area (Å²) in [7, 11) is 0. The zero-order valence-corrected chi connectivity index (χ0v) is 9.75. The van der Waals surface area contributed by atoms with Crippen LogP contribution in [0.5, 0.6) is 0 Å². The van der Waals surface area contributed by atoms with Gasteiger partial charge in [0.05, 0.1) is 6.10 Å². The first-order chi connectivity index (χ1) is 7.56. The fraction of sp³-hybridized carbons (Fsp3) is 0.250. The first kappa shape index (κ1) is 11.0. The van der Waals surface area contributed by atoms with Crippen LogP contribution in [-0.2, 0) is 4.74 Å². The lowest BCUT2D eigenvalue weighted by Gasteiger charge is -2.04. The van der Waals surface area contributed by atoms with Crippen LogP contribution in [0, 0.1) is 0 Å². The van der Waals surface area contributed by atoms with E-state index in [-0.39, 0.29) is 11.9 Å². The van der Waals surface area contributed by atoms with E-state index in [1.54, 1.807) is 38.1 Å². The zero-order chi connectivity index (χ0) is 11.7. The van der Waals surface area contributed by atoms with E-state index in [1.807, 2.05) is 0 Å². The van der Waals surface area contributed by atoms with Crippen LogP contribution in [-0.4, -0.2) is 12.1 Å². The summed E-state index contributed by atoms with van der Waals surface area (Å²) in [5, 5.41) is 1.41. The van der Waals surface area contributed by atoms with E-state index in [0.717, 1.165) is 5.39 Å². The van der Waals surface area contributed by atoms with Gasteiger partial charge < -0.3 is 9.15 Å². The molecule has 0 saturated heterocycles. The maximum atomic E-state index is 11.6. The highest BCUT2D eigenvalue weighted by Crippen LogP contribution is 2.23. The van der Waals surface area contributed by atoms with Crippen LogP contribution in [0.3, 0.4) is 0 Å². The van der Waals surface area contributed by atoms with Gasteiger partial charge in [0.2, 0.25) is 5.76 Å². The minimum Gasteiger partial charge on any atom is -0.457 e. The molecule has 0 aliphatic carbocycles. The Hall–Kier alpha value is -1.48. The van der Waals surface area contributed by atoms with Crippen LogP contribution < -0.4 is 0 Å². The van der Waals surface area contributed by atoms with Crippen molar-refractivity contribution in [2.24, 2.45) is 0 Å². The molecule has 16 heavy (non-hydrogen) atoms. The van der Waals surface area contributed by atoms with Gasteiger partial charge in [-0.3, -0.25) is 0 Å². The number of carbonyl (C=O) groups is 1. The van der Waals surface area contributed by atoms with Crippen molar-refractivity contribution in [3.8, 4) is 0 Å². The number of halogens is 1. The molecule has 84 valence electrons. The van der Waals surface area contributed by atoms with Crippen LogP contribution in [0.15, 0.2) is 28.7 Å². The summed E-state index contributed by atoms with van der Waals surface area (Å²) in [5.74, 6) is -0.256. The summed E-state index contributed by atoms with van der Waals surface area (Å²) in [6.45, 7) is 3.58. The van der Waals surface area contributed by atoms with Gasteiger partial charge >= 0.3 is 5.97 Å². The summed E-state index contributed by atoms with van der Waals surface area (Å²) < 4.78 is 10.4. The van der Waals surface area contributed by atoms with Crippen molar-refractivity contribution in [2.75, 3.05) is 0 Å². The molecule has 4 heteroatoms. The van der Waals surface area contributed by atoms with Crippen LogP contribution >= 0.6 is 11.6 Å². The molecule has 0 atom stereocenters. The number of hydrogen-bond donors (Lipinski definition) is 0. The summed E-state index contributed by atoms with van der Waals surface area (Å²) in [6.07, 6.45) is -0.163. The quantitative estimate of drug-likeness (QED) is 0.750. The Kier molecular flexibility index (Phi) is 2.88. The molecule has 2 aromatic rings. The number of carbonyl (C=O) groups excluding carboxylic acids is 1. The zero-order valence-electron chi connectivity index (χ0n) is 8.99. The van der Waals surface area contributed by atoms with Gasteiger partial charge in [0.15, 0.2) is 0 Å². The Morgan fingerprint density at radius 3 is 2.81 bits per heavy atom. The van der Waals surface area contributed by atoms with E-state index in [0.29, 0.717) is 10.6 Å². The Morgan fingerprint density at radius 2 is 2.12 bits per heavy atom. The summed E-state index contributed by atoms with van der Waals surface area (Å²) >= 11 is 5.82. The number of furan rings is 1. The first-order valence-corrected chi connectivity index (χ1v) is 5.34. The van der Waals surface area contributed by atoms with Crippen molar-refractivity contribution in [3.63, 3.8) is 0 Å². The molecule has 2 rings (SSSR count). The van der Waals surface area contributed by atoms with Gasteiger partial charge in [-0.25, -0.2) is 4.79 Å². The second-order valence-electron chi connectivity index (χ2n) is 3.75. The molecule has 0 N–H and O–H groups in total. The van der Waals surface area contributed by atoms with Crippen LogP contribution in [0.4, 0.5) is 0 Å². The monoisotopic (exact) mass is 238 g/mol. The molecule has 3 nitrogen and oxygen atoms in total. The van der Waals surface area contributed by atoms with Crippen molar-refractivity contribution in [3.05, 3.63) is 35.0 Å². The van der Waals surface area contributed by atoms with Crippen LogP contribution in [0.25, 0.3) is 11.0 Å². The summed E-state index contributed by atoms with van der Waals surface area (Å²) in [5.41, 5.74) is 0.586. The van der Waals surface area contributed by atoms with E-state index in [4.69, 9.17) is 20.8 Å². The number of fused-ring (bicyclic) bond motifs is 1. The predicted molar refractivity (Wildman–Crippen MR) is 61.8 cm³/mol. The molecule has 0 bridgehead atoms. The van der Waals surface area contributed by atoms with Gasteiger partial charge in [0.1, 0.15) is 5.58 Å². The second kappa shape index (κ2) is 4.18. The third kappa shape index (κ3) is 2.19. The highest BCUT2D eigenvalue weighted by Gasteiger charge is 2.14. The summed E-state index contributed by atoms with van der Waals surface area (Å²) in [4.78, 5) is 11.6. The Balaban J connectivity index is 2.36. The molecule has 0 aliphatic heterocycles. The minimum absolute atomic E-state index is 0.163. The van der Waals surface area contributed by atoms with E-state index < -0.39 is 5.97 Å². The number of hydrogen-bond acceptors (Lipinski definition) is 3. The molecule has 0 spiro atoms. The van der Waals surface area contributed by atoms with E-state index in [2.05, 4.69) is 0 Å². The van der Waals surface area contributed by atoms with E-state index in [1.165, 1.54) is 0 Å². The molecule has 1 aromatic carbocycles. The van der Waals surface area contributed by atoms with Crippen molar-refractivity contribution >= 4 is 28.5 Å². The van der Waals surface area contributed by atoms with Gasteiger partial charge in [-0.1, -0.05) is 11.6 Å². The fourth-order valence-electron chi connectivity index (χ4n) is 1.38. The Morgan fingerprint density at radius 1 is 1.38 bits per heavy atom. The van der Waals surface area contributed by atoms with Gasteiger partial charge in [0.25, 0.3) is 0 Å². The molecule has 0 radical (unpaired) electrons. The molecule has 1 heterocycles. The lowest BCUT2D eigenvalue weighted by molar-refractivity contribution is 0.0344. The highest BCUT2D eigenvalue weighted by atomic mass is 35.5. The van der Waals surface area contributed by atoms with Gasteiger partial charge in [-0.2, -0.15) is 0 Å². The van der Waals surface area contributed by atoms with Crippen LogP contribution in [0.1, 0.15) is 24.4 Å².